The number of thiocarbonyl (C=S) groups is 1. The van der Waals surface area contributed by atoms with Crippen LogP contribution < -0.4 is 5.32 Å². The van der Waals surface area contributed by atoms with E-state index in [0.29, 0.717) is 0 Å². The van der Waals surface area contributed by atoms with Crippen molar-refractivity contribution in [2.45, 2.75) is 13.0 Å². The van der Waals surface area contributed by atoms with Crippen LogP contribution in [0.1, 0.15) is 12.0 Å². The fourth-order valence-electron chi connectivity index (χ4n) is 2.44. The molecule has 1 fully saturated rings. The van der Waals surface area contributed by atoms with Gasteiger partial charge in [-0.1, -0.05) is 0 Å². The number of piperazine rings is 1. The van der Waals surface area contributed by atoms with Crippen molar-refractivity contribution in [2.75, 3.05) is 46.4 Å². The average Bonchev–Trinajstić information content (AvgIpc) is 2.89. The van der Waals surface area contributed by atoms with E-state index in [1.807, 2.05) is 17.9 Å². The number of rotatable bonds is 6. The molecule has 1 aliphatic rings. The lowest BCUT2D eigenvalue weighted by molar-refractivity contribution is 0.173. The van der Waals surface area contributed by atoms with Gasteiger partial charge in [-0.15, -0.1) is 0 Å². The molecule has 2 rings (SSSR count). The molecule has 2 heterocycles. The van der Waals surface area contributed by atoms with Gasteiger partial charge < -0.3 is 15.0 Å². The zero-order chi connectivity index (χ0) is 15.1. The number of ether oxygens (including phenoxy) is 1. The Balaban J connectivity index is 1.66. The van der Waals surface area contributed by atoms with Crippen LogP contribution in [0.25, 0.3) is 0 Å². The first-order valence-electron chi connectivity index (χ1n) is 7.40. The van der Waals surface area contributed by atoms with Gasteiger partial charge in [0.2, 0.25) is 0 Å². The summed E-state index contributed by atoms with van der Waals surface area (Å²) in [5, 5.41) is 8.38. The van der Waals surface area contributed by atoms with Crippen molar-refractivity contribution < 1.29 is 4.74 Å². The lowest BCUT2D eigenvalue weighted by atomic mass is 10.2. The van der Waals surface area contributed by atoms with Crippen LogP contribution >= 0.6 is 12.2 Å². The summed E-state index contributed by atoms with van der Waals surface area (Å²) in [5.41, 5.74) is 1.27. The Kier molecular flexibility index (Phi) is 6.41. The van der Waals surface area contributed by atoms with Crippen molar-refractivity contribution in [3.8, 4) is 0 Å². The molecule has 1 aromatic heterocycles. The molecule has 6 nitrogen and oxygen atoms in total. The van der Waals surface area contributed by atoms with Crippen molar-refractivity contribution in [1.82, 2.24) is 24.9 Å². The normalized spacial score (nSPS) is 16.2. The van der Waals surface area contributed by atoms with Gasteiger partial charge in [0.05, 0.1) is 6.20 Å². The van der Waals surface area contributed by atoms with Crippen molar-refractivity contribution >= 4 is 17.3 Å². The Morgan fingerprint density at radius 3 is 2.76 bits per heavy atom. The van der Waals surface area contributed by atoms with E-state index >= 15 is 0 Å². The SMILES string of the molecule is COCCCNC(=S)N1CCN(Cc2cnn(C)c2)CC1. The van der Waals surface area contributed by atoms with E-state index in [4.69, 9.17) is 17.0 Å². The van der Waals surface area contributed by atoms with E-state index in [-0.39, 0.29) is 0 Å². The number of aryl methyl sites for hydroxylation is 1. The molecule has 21 heavy (non-hydrogen) atoms. The van der Waals surface area contributed by atoms with Gasteiger partial charge in [0, 0.05) is 71.8 Å². The smallest absolute Gasteiger partial charge is 0.169 e. The highest BCUT2D eigenvalue weighted by Gasteiger charge is 2.18. The summed E-state index contributed by atoms with van der Waals surface area (Å²) in [5.74, 6) is 0. The summed E-state index contributed by atoms with van der Waals surface area (Å²) in [7, 11) is 3.68. The minimum absolute atomic E-state index is 0.772. The summed E-state index contributed by atoms with van der Waals surface area (Å²) in [6.07, 6.45) is 5.00. The van der Waals surface area contributed by atoms with Crippen LogP contribution in [-0.2, 0) is 18.3 Å². The maximum atomic E-state index is 5.44. The number of methoxy groups -OCH3 is 1. The summed E-state index contributed by atoms with van der Waals surface area (Å²) >= 11 is 5.44. The van der Waals surface area contributed by atoms with E-state index < -0.39 is 0 Å². The second-order valence-electron chi connectivity index (χ2n) is 5.36. The van der Waals surface area contributed by atoms with Gasteiger partial charge >= 0.3 is 0 Å². The first kappa shape index (κ1) is 16.2. The topological polar surface area (TPSA) is 45.6 Å². The van der Waals surface area contributed by atoms with E-state index in [0.717, 1.165) is 57.4 Å². The molecule has 1 saturated heterocycles. The van der Waals surface area contributed by atoms with E-state index in [1.54, 1.807) is 7.11 Å². The fourth-order valence-corrected chi connectivity index (χ4v) is 2.73. The van der Waals surface area contributed by atoms with Gasteiger partial charge in [-0.3, -0.25) is 9.58 Å². The minimum Gasteiger partial charge on any atom is -0.385 e. The Hall–Kier alpha value is -1.18. The molecule has 0 radical (unpaired) electrons. The molecule has 7 heteroatoms. The van der Waals surface area contributed by atoms with Crippen molar-refractivity contribution in [3.63, 3.8) is 0 Å². The van der Waals surface area contributed by atoms with Crippen LogP contribution in [0.3, 0.4) is 0 Å². The second kappa shape index (κ2) is 8.31. The molecule has 0 bridgehead atoms. The van der Waals surface area contributed by atoms with Crippen molar-refractivity contribution in [3.05, 3.63) is 18.0 Å². The molecule has 0 aromatic carbocycles. The molecule has 0 saturated carbocycles. The van der Waals surface area contributed by atoms with Gasteiger partial charge in [0.1, 0.15) is 0 Å². The first-order valence-corrected chi connectivity index (χ1v) is 7.81. The molecule has 0 amide bonds. The van der Waals surface area contributed by atoms with Gasteiger partial charge in [0.15, 0.2) is 5.11 Å². The average molecular weight is 311 g/mol. The molecule has 1 aromatic rings. The molecular formula is C14H25N5OS. The molecular weight excluding hydrogens is 286 g/mol. The van der Waals surface area contributed by atoms with Crippen molar-refractivity contribution in [1.29, 1.82) is 0 Å². The highest BCUT2D eigenvalue weighted by Crippen LogP contribution is 2.08. The Bertz CT molecular complexity index is 442. The quantitative estimate of drug-likeness (QED) is 0.608. The number of aromatic nitrogens is 2. The molecule has 1 aliphatic heterocycles. The Labute approximate surface area is 132 Å². The van der Waals surface area contributed by atoms with Crippen LogP contribution in [0, 0.1) is 0 Å². The highest BCUT2D eigenvalue weighted by atomic mass is 32.1. The van der Waals surface area contributed by atoms with E-state index in [9.17, 15) is 0 Å². The lowest BCUT2D eigenvalue weighted by Gasteiger charge is -2.36. The minimum atomic E-state index is 0.772. The maximum Gasteiger partial charge on any atom is 0.169 e. The van der Waals surface area contributed by atoms with Gasteiger partial charge in [-0.25, -0.2) is 0 Å². The van der Waals surface area contributed by atoms with Crippen LogP contribution in [0.4, 0.5) is 0 Å². The molecule has 118 valence electrons. The predicted octanol–water partition coefficient (Wildman–Crippen LogP) is 0.449. The third kappa shape index (κ3) is 5.26. The molecule has 0 unspecified atom stereocenters. The van der Waals surface area contributed by atoms with Crippen LogP contribution in [-0.4, -0.2) is 71.1 Å². The zero-order valence-electron chi connectivity index (χ0n) is 12.9. The van der Waals surface area contributed by atoms with E-state index in [2.05, 4.69) is 26.4 Å². The largest absolute Gasteiger partial charge is 0.385 e. The monoisotopic (exact) mass is 311 g/mol. The number of nitrogens with one attached hydrogen (secondary N) is 1. The third-order valence-corrected chi connectivity index (χ3v) is 4.03. The summed E-state index contributed by atoms with van der Waals surface area (Å²) < 4.78 is 6.88. The van der Waals surface area contributed by atoms with Crippen LogP contribution in [0.2, 0.25) is 0 Å². The Morgan fingerprint density at radius 1 is 1.38 bits per heavy atom. The third-order valence-electron chi connectivity index (χ3n) is 3.63. The molecule has 0 aliphatic carbocycles. The maximum absolute atomic E-state index is 5.44. The first-order chi connectivity index (χ1) is 10.2. The highest BCUT2D eigenvalue weighted by molar-refractivity contribution is 7.80. The van der Waals surface area contributed by atoms with Gasteiger partial charge in [-0.2, -0.15) is 5.10 Å². The van der Waals surface area contributed by atoms with Gasteiger partial charge in [-0.05, 0) is 18.6 Å². The van der Waals surface area contributed by atoms with Crippen molar-refractivity contribution in [2.24, 2.45) is 7.05 Å². The number of nitrogens with zero attached hydrogens (tertiary/aromatic N) is 4. The van der Waals surface area contributed by atoms with Crippen LogP contribution in [0.5, 0.6) is 0 Å². The lowest BCUT2D eigenvalue weighted by Crippen LogP contribution is -2.51. The summed E-state index contributed by atoms with van der Waals surface area (Å²) in [6, 6.07) is 0. The molecule has 1 N–H and O–H groups in total. The number of hydrogen-bond acceptors (Lipinski definition) is 4. The Morgan fingerprint density at radius 2 is 2.14 bits per heavy atom. The standard InChI is InChI=1S/C14H25N5OS/c1-17-11-13(10-16-17)12-18-5-7-19(8-6-18)14(21)15-4-3-9-20-2/h10-11H,3-9,12H2,1-2H3,(H,15,21). The van der Waals surface area contributed by atoms with E-state index in [1.165, 1.54) is 5.56 Å². The zero-order valence-corrected chi connectivity index (χ0v) is 13.7. The summed E-state index contributed by atoms with van der Waals surface area (Å²) in [6.45, 7) is 6.66. The second-order valence-corrected chi connectivity index (χ2v) is 5.75. The van der Waals surface area contributed by atoms with Gasteiger partial charge in [0.25, 0.3) is 0 Å². The summed E-state index contributed by atoms with van der Waals surface area (Å²) in [4.78, 5) is 4.70. The number of hydrogen-bond donors (Lipinski definition) is 1. The predicted molar refractivity (Wildman–Crippen MR) is 87.2 cm³/mol. The fraction of sp³-hybridized carbons (Fsp3) is 0.714. The molecule has 0 spiro atoms. The molecule has 0 atom stereocenters. The van der Waals surface area contributed by atoms with Crippen LogP contribution in [0.15, 0.2) is 12.4 Å².